The standard InChI is InChI=1S/C18H23F3N2O2/c1-2-3-4-5-6-7-8-15(16(22)24)23-17(25)13-9-11-14(12-10-13)18(19,20)21/h2,9-12,15H,1,3-8H2,(H2,22,24)(H,23,25)/t15-/m1/s1. The summed E-state index contributed by atoms with van der Waals surface area (Å²) in [4.78, 5) is 23.5. The zero-order valence-electron chi connectivity index (χ0n) is 13.9. The first kappa shape index (κ1) is 20.7. The Hall–Kier alpha value is -2.31. The number of allylic oxidation sites excluding steroid dienone is 1. The van der Waals surface area contributed by atoms with Gasteiger partial charge in [0.25, 0.3) is 5.91 Å². The number of alkyl halides is 3. The van der Waals surface area contributed by atoms with Crippen molar-refractivity contribution in [2.45, 2.75) is 50.7 Å². The molecular formula is C18H23F3N2O2. The number of nitrogens with one attached hydrogen (secondary N) is 1. The quantitative estimate of drug-likeness (QED) is 0.494. The Morgan fingerprint density at radius 3 is 2.24 bits per heavy atom. The van der Waals surface area contributed by atoms with Crippen LogP contribution in [-0.2, 0) is 11.0 Å². The highest BCUT2D eigenvalue weighted by molar-refractivity contribution is 5.97. The fraction of sp³-hybridized carbons (Fsp3) is 0.444. The number of primary amides is 1. The van der Waals surface area contributed by atoms with Crippen molar-refractivity contribution in [2.24, 2.45) is 5.73 Å². The van der Waals surface area contributed by atoms with Gasteiger partial charge in [0.2, 0.25) is 5.91 Å². The second kappa shape index (κ2) is 9.86. The molecule has 1 atom stereocenters. The molecule has 1 aromatic rings. The molecule has 4 nitrogen and oxygen atoms in total. The largest absolute Gasteiger partial charge is 0.416 e. The molecular weight excluding hydrogens is 333 g/mol. The van der Waals surface area contributed by atoms with Crippen LogP contribution in [0.25, 0.3) is 0 Å². The minimum Gasteiger partial charge on any atom is -0.368 e. The topological polar surface area (TPSA) is 72.2 Å². The smallest absolute Gasteiger partial charge is 0.368 e. The molecule has 2 amide bonds. The SMILES string of the molecule is C=CCCCCCC[C@@H](NC(=O)c1ccc(C(F)(F)F)cc1)C(N)=O. The molecule has 0 radical (unpaired) electrons. The zero-order valence-corrected chi connectivity index (χ0v) is 13.9. The van der Waals surface area contributed by atoms with Gasteiger partial charge in [0.1, 0.15) is 6.04 Å². The number of carbonyl (C=O) groups excluding carboxylic acids is 2. The molecule has 138 valence electrons. The first-order valence-corrected chi connectivity index (χ1v) is 8.14. The minimum atomic E-state index is -4.46. The van der Waals surface area contributed by atoms with Crippen LogP contribution in [0.5, 0.6) is 0 Å². The van der Waals surface area contributed by atoms with Crippen LogP contribution in [0.4, 0.5) is 13.2 Å². The molecule has 0 aliphatic carbocycles. The molecule has 25 heavy (non-hydrogen) atoms. The first-order valence-electron chi connectivity index (χ1n) is 8.14. The lowest BCUT2D eigenvalue weighted by Crippen LogP contribution is -2.44. The van der Waals surface area contributed by atoms with Crippen LogP contribution in [0.15, 0.2) is 36.9 Å². The van der Waals surface area contributed by atoms with Crippen LogP contribution in [0.1, 0.15) is 54.4 Å². The first-order chi connectivity index (χ1) is 11.8. The maximum absolute atomic E-state index is 12.5. The molecule has 0 aromatic heterocycles. The second-order valence-corrected chi connectivity index (χ2v) is 5.78. The third kappa shape index (κ3) is 7.41. The van der Waals surface area contributed by atoms with E-state index in [1.807, 2.05) is 6.08 Å². The van der Waals surface area contributed by atoms with Crippen LogP contribution >= 0.6 is 0 Å². The van der Waals surface area contributed by atoms with Crippen molar-refractivity contribution in [2.75, 3.05) is 0 Å². The Kier molecular flexibility index (Phi) is 8.18. The number of hydrogen-bond acceptors (Lipinski definition) is 2. The van der Waals surface area contributed by atoms with E-state index in [1.165, 1.54) is 0 Å². The fourth-order valence-electron chi connectivity index (χ4n) is 2.33. The predicted octanol–water partition coefficient (Wildman–Crippen LogP) is 3.82. The highest BCUT2D eigenvalue weighted by Crippen LogP contribution is 2.29. The number of halogens is 3. The Bertz CT molecular complexity index is 583. The maximum atomic E-state index is 12.5. The Labute approximate surface area is 145 Å². The van der Waals surface area contributed by atoms with Crippen molar-refractivity contribution >= 4 is 11.8 Å². The predicted molar refractivity (Wildman–Crippen MR) is 89.8 cm³/mol. The van der Waals surface area contributed by atoms with Gasteiger partial charge in [-0.3, -0.25) is 9.59 Å². The number of unbranched alkanes of at least 4 members (excludes halogenated alkanes) is 4. The fourth-order valence-corrected chi connectivity index (χ4v) is 2.33. The van der Waals surface area contributed by atoms with Crippen molar-refractivity contribution in [1.29, 1.82) is 0 Å². The van der Waals surface area contributed by atoms with Gasteiger partial charge in [0.15, 0.2) is 0 Å². The number of benzene rings is 1. The van der Waals surface area contributed by atoms with Gasteiger partial charge in [0.05, 0.1) is 5.56 Å². The van der Waals surface area contributed by atoms with E-state index in [-0.39, 0.29) is 5.56 Å². The number of carbonyl (C=O) groups is 2. The van der Waals surface area contributed by atoms with E-state index in [2.05, 4.69) is 11.9 Å². The van der Waals surface area contributed by atoms with Crippen molar-refractivity contribution in [3.8, 4) is 0 Å². The lowest BCUT2D eigenvalue weighted by molar-refractivity contribution is -0.137. The molecule has 0 unspecified atom stereocenters. The summed E-state index contributed by atoms with van der Waals surface area (Å²) in [5.41, 5.74) is 4.50. The highest BCUT2D eigenvalue weighted by Gasteiger charge is 2.30. The summed E-state index contributed by atoms with van der Waals surface area (Å²) in [6.45, 7) is 3.64. The third-order valence-corrected chi connectivity index (χ3v) is 3.77. The lowest BCUT2D eigenvalue weighted by Gasteiger charge is -2.16. The van der Waals surface area contributed by atoms with Gasteiger partial charge in [-0.2, -0.15) is 13.2 Å². The van der Waals surface area contributed by atoms with Gasteiger partial charge in [-0.15, -0.1) is 6.58 Å². The molecule has 3 N–H and O–H groups in total. The zero-order chi connectivity index (χ0) is 18.9. The molecule has 0 bridgehead atoms. The van der Waals surface area contributed by atoms with Crippen molar-refractivity contribution in [3.63, 3.8) is 0 Å². The van der Waals surface area contributed by atoms with Crippen molar-refractivity contribution in [1.82, 2.24) is 5.32 Å². The minimum absolute atomic E-state index is 0.0465. The summed E-state index contributed by atoms with van der Waals surface area (Å²) in [5, 5.41) is 2.48. The van der Waals surface area contributed by atoms with Crippen molar-refractivity contribution in [3.05, 3.63) is 48.0 Å². The molecule has 1 aromatic carbocycles. The molecule has 0 spiro atoms. The summed E-state index contributed by atoms with van der Waals surface area (Å²) in [6.07, 6.45) is 2.34. The Morgan fingerprint density at radius 2 is 1.72 bits per heavy atom. The van der Waals surface area contributed by atoms with E-state index in [0.717, 1.165) is 56.4 Å². The van der Waals surface area contributed by atoms with E-state index in [9.17, 15) is 22.8 Å². The number of hydrogen-bond donors (Lipinski definition) is 2. The summed E-state index contributed by atoms with van der Waals surface area (Å²) >= 11 is 0. The summed E-state index contributed by atoms with van der Waals surface area (Å²) in [5.74, 6) is -1.28. The van der Waals surface area contributed by atoms with Crippen molar-refractivity contribution < 1.29 is 22.8 Å². The molecule has 0 aliphatic rings. The van der Waals surface area contributed by atoms with E-state index in [0.29, 0.717) is 6.42 Å². The van der Waals surface area contributed by atoms with Gasteiger partial charge in [-0.25, -0.2) is 0 Å². The monoisotopic (exact) mass is 356 g/mol. The number of rotatable bonds is 10. The second-order valence-electron chi connectivity index (χ2n) is 5.78. The van der Waals surface area contributed by atoms with E-state index >= 15 is 0 Å². The van der Waals surface area contributed by atoms with E-state index in [1.54, 1.807) is 0 Å². The third-order valence-electron chi connectivity index (χ3n) is 3.77. The van der Waals surface area contributed by atoms with Gasteiger partial charge >= 0.3 is 6.18 Å². The Morgan fingerprint density at radius 1 is 1.12 bits per heavy atom. The van der Waals surface area contributed by atoms with Gasteiger partial charge in [-0.05, 0) is 43.5 Å². The van der Waals surface area contributed by atoms with Gasteiger partial charge < -0.3 is 11.1 Å². The average molecular weight is 356 g/mol. The number of nitrogens with two attached hydrogens (primary N) is 1. The van der Waals surface area contributed by atoms with Crippen LogP contribution in [0.2, 0.25) is 0 Å². The number of amides is 2. The normalized spacial score (nSPS) is 12.4. The summed E-state index contributed by atoms with van der Waals surface area (Å²) in [6, 6.07) is 2.97. The van der Waals surface area contributed by atoms with Gasteiger partial charge in [-0.1, -0.05) is 25.3 Å². The van der Waals surface area contributed by atoms with Crippen LogP contribution < -0.4 is 11.1 Å². The van der Waals surface area contributed by atoms with E-state index < -0.39 is 29.6 Å². The maximum Gasteiger partial charge on any atom is 0.416 e. The molecule has 0 saturated heterocycles. The van der Waals surface area contributed by atoms with Crippen LogP contribution in [0, 0.1) is 0 Å². The summed E-state index contributed by atoms with van der Waals surface area (Å²) in [7, 11) is 0. The summed E-state index contributed by atoms with van der Waals surface area (Å²) < 4.78 is 37.6. The molecule has 0 aliphatic heterocycles. The lowest BCUT2D eigenvalue weighted by atomic mass is 10.0. The highest BCUT2D eigenvalue weighted by atomic mass is 19.4. The molecule has 0 saturated carbocycles. The Balaban J connectivity index is 2.55. The van der Waals surface area contributed by atoms with E-state index in [4.69, 9.17) is 5.73 Å². The molecule has 0 heterocycles. The molecule has 0 fully saturated rings. The van der Waals surface area contributed by atoms with Crippen LogP contribution in [0.3, 0.4) is 0 Å². The molecule has 7 heteroatoms. The van der Waals surface area contributed by atoms with Gasteiger partial charge in [0, 0.05) is 5.56 Å². The van der Waals surface area contributed by atoms with Crippen LogP contribution in [-0.4, -0.2) is 17.9 Å². The average Bonchev–Trinajstić information content (AvgIpc) is 2.55. The molecule has 1 rings (SSSR count).